The lowest BCUT2D eigenvalue weighted by atomic mass is 10.0. The third kappa shape index (κ3) is 2.86. The van der Waals surface area contributed by atoms with Crippen LogP contribution in [0.5, 0.6) is 0 Å². The monoisotopic (exact) mass is 341 g/mol. The van der Waals surface area contributed by atoms with Crippen LogP contribution in [0.3, 0.4) is 0 Å². The normalized spacial score (nSPS) is 10.7. The zero-order valence-corrected chi connectivity index (χ0v) is 14.1. The summed E-state index contributed by atoms with van der Waals surface area (Å²) in [6, 6.07) is 3.90. The second-order valence-corrected chi connectivity index (χ2v) is 5.89. The van der Waals surface area contributed by atoms with E-state index in [2.05, 4.69) is 15.2 Å². The van der Waals surface area contributed by atoms with Crippen LogP contribution in [-0.4, -0.2) is 19.9 Å². The molecule has 7 nitrogen and oxygen atoms in total. The SMILES string of the molecule is CCc1nn(Cc2nc(-c3ccsc3)no2)c(=O)c(C#N)c1CC. The minimum atomic E-state index is -0.429. The van der Waals surface area contributed by atoms with Crippen LogP contribution in [0, 0.1) is 11.3 Å². The molecule has 0 unspecified atom stereocenters. The zero-order chi connectivity index (χ0) is 17.1. The summed E-state index contributed by atoms with van der Waals surface area (Å²) in [5, 5.41) is 21.4. The molecule has 0 spiro atoms. The Bertz CT molecular complexity index is 950. The number of hydrogen-bond acceptors (Lipinski definition) is 7. The van der Waals surface area contributed by atoms with E-state index >= 15 is 0 Å². The summed E-state index contributed by atoms with van der Waals surface area (Å²) in [7, 11) is 0. The average molecular weight is 341 g/mol. The Morgan fingerprint density at radius 2 is 2.21 bits per heavy atom. The van der Waals surface area contributed by atoms with Gasteiger partial charge >= 0.3 is 0 Å². The highest BCUT2D eigenvalue weighted by atomic mass is 32.1. The first-order valence-corrected chi connectivity index (χ1v) is 8.50. The van der Waals surface area contributed by atoms with Gasteiger partial charge in [-0.25, -0.2) is 4.68 Å². The van der Waals surface area contributed by atoms with Gasteiger partial charge in [-0.3, -0.25) is 4.79 Å². The minimum Gasteiger partial charge on any atom is -0.337 e. The van der Waals surface area contributed by atoms with Crippen molar-refractivity contribution in [3.63, 3.8) is 0 Å². The first kappa shape index (κ1) is 16.1. The van der Waals surface area contributed by atoms with Crippen molar-refractivity contribution in [1.82, 2.24) is 19.9 Å². The van der Waals surface area contributed by atoms with Gasteiger partial charge in [0.1, 0.15) is 18.2 Å². The maximum atomic E-state index is 12.5. The van der Waals surface area contributed by atoms with Crippen LogP contribution in [0.4, 0.5) is 0 Å². The maximum absolute atomic E-state index is 12.5. The van der Waals surface area contributed by atoms with E-state index in [-0.39, 0.29) is 18.0 Å². The van der Waals surface area contributed by atoms with Gasteiger partial charge in [0.05, 0.1) is 5.69 Å². The second-order valence-electron chi connectivity index (χ2n) is 5.11. The lowest BCUT2D eigenvalue weighted by Gasteiger charge is -2.10. The summed E-state index contributed by atoms with van der Waals surface area (Å²) in [6.45, 7) is 3.90. The lowest BCUT2D eigenvalue weighted by molar-refractivity contribution is 0.362. The van der Waals surface area contributed by atoms with Gasteiger partial charge in [0.2, 0.25) is 11.7 Å². The molecule has 0 bridgehead atoms. The summed E-state index contributed by atoms with van der Waals surface area (Å²) in [4.78, 5) is 16.8. The molecule has 0 aliphatic heterocycles. The van der Waals surface area contributed by atoms with Gasteiger partial charge in [0.15, 0.2) is 0 Å². The molecule has 3 aromatic heterocycles. The van der Waals surface area contributed by atoms with E-state index in [4.69, 9.17) is 4.52 Å². The van der Waals surface area contributed by atoms with Crippen molar-refractivity contribution in [2.75, 3.05) is 0 Å². The summed E-state index contributed by atoms with van der Waals surface area (Å²) in [5.74, 6) is 0.752. The molecule has 0 aliphatic carbocycles. The predicted molar refractivity (Wildman–Crippen MR) is 88.7 cm³/mol. The minimum absolute atomic E-state index is 0.0433. The number of hydrogen-bond donors (Lipinski definition) is 0. The van der Waals surface area contributed by atoms with Crippen molar-refractivity contribution in [2.45, 2.75) is 33.2 Å². The molecule has 0 radical (unpaired) electrons. The van der Waals surface area contributed by atoms with Gasteiger partial charge in [0.25, 0.3) is 5.56 Å². The number of aryl methyl sites for hydroxylation is 1. The molecule has 0 fully saturated rings. The average Bonchev–Trinajstić information content (AvgIpc) is 3.27. The third-order valence-electron chi connectivity index (χ3n) is 3.67. The molecule has 0 saturated carbocycles. The Labute approximate surface area is 142 Å². The second kappa shape index (κ2) is 6.76. The fourth-order valence-corrected chi connectivity index (χ4v) is 3.13. The molecule has 0 N–H and O–H groups in total. The topological polar surface area (TPSA) is 97.6 Å². The first-order chi connectivity index (χ1) is 11.7. The summed E-state index contributed by atoms with van der Waals surface area (Å²) < 4.78 is 6.44. The highest BCUT2D eigenvalue weighted by Crippen LogP contribution is 2.19. The van der Waals surface area contributed by atoms with Crippen LogP contribution in [-0.2, 0) is 19.4 Å². The quantitative estimate of drug-likeness (QED) is 0.707. The van der Waals surface area contributed by atoms with Crippen molar-refractivity contribution in [1.29, 1.82) is 5.26 Å². The Morgan fingerprint density at radius 1 is 1.38 bits per heavy atom. The predicted octanol–water partition coefficient (Wildman–Crippen LogP) is 2.40. The summed E-state index contributed by atoms with van der Waals surface area (Å²) in [5.41, 5.74) is 2.03. The smallest absolute Gasteiger partial charge is 0.285 e. The fourth-order valence-electron chi connectivity index (χ4n) is 2.50. The molecule has 3 heterocycles. The molecule has 8 heteroatoms. The molecule has 3 rings (SSSR count). The van der Waals surface area contributed by atoms with E-state index in [1.807, 2.05) is 36.7 Å². The van der Waals surface area contributed by atoms with Crippen LogP contribution in [0.2, 0.25) is 0 Å². The van der Waals surface area contributed by atoms with Crippen molar-refractivity contribution in [3.8, 4) is 17.5 Å². The van der Waals surface area contributed by atoms with E-state index in [9.17, 15) is 10.1 Å². The summed E-state index contributed by atoms with van der Waals surface area (Å²) in [6.07, 6.45) is 1.24. The van der Waals surface area contributed by atoms with Crippen LogP contribution >= 0.6 is 11.3 Å². The van der Waals surface area contributed by atoms with E-state index in [0.29, 0.717) is 24.2 Å². The first-order valence-electron chi connectivity index (χ1n) is 7.56. The van der Waals surface area contributed by atoms with Crippen molar-refractivity contribution in [2.24, 2.45) is 0 Å². The standard InChI is InChI=1S/C16H15N5O2S/c1-3-11-12(7-17)16(22)21(19-13(11)4-2)8-14-18-15(20-23-14)10-5-6-24-9-10/h5-6,9H,3-4,8H2,1-2H3. The number of nitrogens with zero attached hydrogens (tertiary/aromatic N) is 5. The molecule has 3 aromatic rings. The van der Waals surface area contributed by atoms with Crippen LogP contribution in [0.15, 0.2) is 26.1 Å². The molecule has 0 atom stereocenters. The fraction of sp³-hybridized carbons (Fsp3) is 0.312. The van der Waals surface area contributed by atoms with Crippen molar-refractivity contribution in [3.05, 3.63) is 49.9 Å². The number of aromatic nitrogens is 4. The maximum Gasteiger partial charge on any atom is 0.285 e. The van der Waals surface area contributed by atoms with Gasteiger partial charge in [-0.2, -0.15) is 26.7 Å². The van der Waals surface area contributed by atoms with Crippen molar-refractivity contribution < 1.29 is 4.52 Å². The Balaban J connectivity index is 1.99. The van der Waals surface area contributed by atoms with Gasteiger partial charge in [0, 0.05) is 10.9 Å². The zero-order valence-electron chi connectivity index (χ0n) is 13.3. The third-order valence-corrected chi connectivity index (χ3v) is 4.36. The van der Waals surface area contributed by atoms with Gasteiger partial charge < -0.3 is 4.52 Å². The highest BCUT2D eigenvalue weighted by molar-refractivity contribution is 7.08. The van der Waals surface area contributed by atoms with E-state index in [1.54, 1.807) is 0 Å². The largest absolute Gasteiger partial charge is 0.337 e. The van der Waals surface area contributed by atoms with E-state index < -0.39 is 5.56 Å². The molecule has 122 valence electrons. The Hall–Kier alpha value is -2.79. The highest BCUT2D eigenvalue weighted by Gasteiger charge is 2.17. The van der Waals surface area contributed by atoms with Crippen molar-refractivity contribution >= 4 is 11.3 Å². The lowest BCUT2D eigenvalue weighted by Crippen LogP contribution is -2.29. The molecule has 0 aromatic carbocycles. The molecule has 0 amide bonds. The number of rotatable bonds is 5. The van der Waals surface area contributed by atoms with E-state index in [0.717, 1.165) is 11.3 Å². The number of nitriles is 1. The molecule has 0 saturated heterocycles. The molecular formula is C16H15N5O2S. The Morgan fingerprint density at radius 3 is 2.83 bits per heavy atom. The molecule has 0 aliphatic rings. The molecule has 24 heavy (non-hydrogen) atoms. The van der Waals surface area contributed by atoms with E-state index in [1.165, 1.54) is 16.0 Å². The van der Waals surface area contributed by atoms with Gasteiger partial charge in [-0.1, -0.05) is 19.0 Å². The number of thiophene rings is 1. The van der Waals surface area contributed by atoms with Crippen LogP contribution in [0.1, 0.15) is 36.6 Å². The van der Waals surface area contributed by atoms with Crippen LogP contribution < -0.4 is 5.56 Å². The molecular weight excluding hydrogens is 326 g/mol. The van der Waals surface area contributed by atoms with Gasteiger partial charge in [-0.15, -0.1) is 0 Å². The van der Waals surface area contributed by atoms with Gasteiger partial charge in [-0.05, 0) is 29.9 Å². The summed E-state index contributed by atoms with van der Waals surface area (Å²) >= 11 is 1.54. The Kier molecular flexibility index (Phi) is 4.53. The van der Waals surface area contributed by atoms with Crippen LogP contribution in [0.25, 0.3) is 11.4 Å².